The summed E-state index contributed by atoms with van der Waals surface area (Å²) in [5.74, 6) is 0. The van der Waals surface area contributed by atoms with Crippen molar-refractivity contribution < 1.29 is 14.6 Å². The van der Waals surface area contributed by atoms with E-state index in [4.69, 9.17) is 16.3 Å². The summed E-state index contributed by atoms with van der Waals surface area (Å²) in [5, 5.41) is 12.8. The van der Waals surface area contributed by atoms with Crippen molar-refractivity contribution in [2.24, 2.45) is 0 Å². The first kappa shape index (κ1) is 23.4. The average molecular weight is 490 g/mol. The monoisotopic (exact) mass is 489 g/mol. The Kier molecular flexibility index (Phi) is 7.04. The quantitative estimate of drug-likeness (QED) is 0.374. The van der Waals surface area contributed by atoms with E-state index in [2.05, 4.69) is 34.1 Å². The number of likely N-dealkylation sites (tertiary alicyclic amines) is 1. The minimum absolute atomic E-state index is 0.210. The number of carbonyl (C=O) groups excluding carboxylic acids is 1. The van der Waals surface area contributed by atoms with Gasteiger partial charge in [0, 0.05) is 36.4 Å². The second kappa shape index (κ2) is 10.5. The molecule has 1 saturated heterocycles. The SMILES string of the molecule is O=C(OCc1ccccc1)N1C[C@@H](O)[C@H](N(Cc2ccc(Cl)cc2)Cc2ccc3[nH]ccc3c2)C1. The number of hydrogen-bond acceptors (Lipinski definition) is 4. The summed E-state index contributed by atoms with van der Waals surface area (Å²) in [4.78, 5) is 19.8. The third-order valence-electron chi connectivity index (χ3n) is 6.49. The van der Waals surface area contributed by atoms with Crippen molar-refractivity contribution in [3.63, 3.8) is 0 Å². The Morgan fingerprint density at radius 2 is 1.71 bits per heavy atom. The molecule has 0 spiro atoms. The van der Waals surface area contributed by atoms with Crippen LogP contribution >= 0.6 is 11.6 Å². The normalized spacial score (nSPS) is 17.9. The molecule has 1 aromatic heterocycles. The van der Waals surface area contributed by atoms with E-state index < -0.39 is 12.2 Å². The van der Waals surface area contributed by atoms with E-state index in [0.29, 0.717) is 24.7 Å². The lowest BCUT2D eigenvalue weighted by Gasteiger charge is -2.31. The van der Waals surface area contributed by atoms with E-state index >= 15 is 0 Å². The van der Waals surface area contributed by atoms with Crippen LogP contribution in [-0.4, -0.2) is 51.2 Å². The molecular formula is C28H28ClN3O3. The fourth-order valence-corrected chi connectivity index (χ4v) is 4.76. The third kappa shape index (κ3) is 5.68. The van der Waals surface area contributed by atoms with Crippen LogP contribution in [0.2, 0.25) is 5.02 Å². The molecule has 1 amide bonds. The number of β-amino-alcohol motifs (C(OH)–C–C–N with tert-alkyl or cyclic N) is 1. The van der Waals surface area contributed by atoms with Crippen molar-refractivity contribution in [2.45, 2.75) is 31.8 Å². The smallest absolute Gasteiger partial charge is 0.410 e. The van der Waals surface area contributed by atoms with Crippen LogP contribution < -0.4 is 0 Å². The number of aromatic amines is 1. The fraction of sp³-hybridized carbons (Fsp3) is 0.250. The van der Waals surface area contributed by atoms with Gasteiger partial charge in [-0.15, -0.1) is 0 Å². The van der Waals surface area contributed by atoms with E-state index in [1.54, 1.807) is 4.90 Å². The topological polar surface area (TPSA) is 68.8 Å². The van der Waals surface area contributed by atoms with Crippen molar-refractivity contribution >= 4 is 28.6 Å². The number of amides is 1. The third-order valence-corrected chi connectivity index (χ3v) is 6.75. The van der Waals surface area contributed by atoms with Gasteiger partial charge in [0.15, 0.2) is 0 Å². The van der Waals surface area contributed by atoms with Gasteiger partial charge < -0.3 is 19.7 Å². The number of nitrogens with zero attached hydrogens (tertiary/aromatic N) is 2. The van der Waals surface area contributed by atoms with Gasteiger partial charge in [-0.1, -0.05) is 60.1 Å². The molecular weight excluding hydrogens is 462 g/mol. The van der Waals surface area contributed by atoms with Crippen molar-refractivity contribution in [2.75, 3.05) is 13.1 Å². The van der Waals surface area contributed by atoms with Crippen molar-refractivity contribution in [3.8, 4) is 0 Å². The molecule has 0 unspecified atom stereocenters. The van der Waals surface area contributed by atoms with Crippen LogP contribution in [0.1, 0.15) is 16.7 Å². The zero-order valence-electron chi connectivity index (χ0n) is 19.3. The summed E-state index contributed by atoms with van der Waals surface area (Å²) in [6, 6.07) is 25.5. The van der Waals surface area contributed by atoms with Crippen LogP contribution in [0, 0.1) is 0 Å². The number of halogens is 1. The molecule has 0 bridgehead atoms. The van der Waals surface area contributed by atoms with Gasteiger partial charge in [-0.2, -0.15) is 0 Å². The number of benzene rings is 3. The maximum absolute atomic E-state index is 12.8. The first-order valence-corrected chi connectivity index (χ1v) is 12.1. The Balaban J connectivity index is 1.31. The number of carbonyl (C=O) groups is 1. The summed E-state index contributed by atoms with van der Waals surface area (Å²) in [7, 11) is 0. The second-order valence-electron chi connectivity index (χ2n) is 9.01. The van der Waals surface area contributed by atoms with Crippen LogP contribution in [0.5, 0.6) is 0 Å². The van der Waals surface area contributed by atoms with Gasteiger partial charge in [-0.3, -0.25) is 4.90 Å². The molecule has 2 heterocycles. The first-order valence-electron chi connectivity index (χ1n) is 11.7. The number of H-pyrrole nitrogens is 1. The molecule has 1 aliphatic rings. The Morgan fingerprint density at radius 1 is 0.971 bits per heavy atom. The minimum Gasteiger partial charge on any atom is -0.445 e. The Bertz CT molecular complexity index is 1280. The van der Waals surface area contributed by atoms with E-state index in [-0.39, 0.29) is 19.2 Å². The maximum atomic E-state index is 12.8. The van der Waals surface area contributed by atoms with Crippen LogP contribution in [0.25, 0.3) is 10.9 Å². The van der Waals surface area contributed by atoms with E-state index in [1.165, 1.54) is 0 Å². The van der Waals surface area contributed by atoms with Crippen molar-refractivity contribution in [3.05, 3.63) is 107 Å². The number of fused-ring (bicyclic) bond motifs is 1. The van der Waals surface area contributed by atoms with Crippen LogP contribution in [0.3, 0.4) is 0 Å². The molecule has 3 aromatic carbocycles. The number of ether oxygens (including phenoxy) is 1. The maximum Gasteiger partial charge on any atom is 0.410 e. The van der Waals surface area contributed by atoms with Crippen LogP contribution in [0.15, 0.2) is 85.1 Å². The molecule has 0 radical (unpaired) electrons. The van der Waals surface area contributed by atoms with Crippen LogP contribution in [-0.2, 0) is 24.4 Å². The number of aromatic nitrogens is 1. The Morgan fingerprint density at radius 3 is 2.51 bits per heavy atom. The lowest BCUT2D eigenvalue weighted by Crippen LogP contribution is -2.42. The van der Waals surface area contributed by atoms with Gasteiger partial charge in [0.25, 0.3) is 0 Å². The molecule has 0 aliphatic carbocycles. The second-order valence-corrected chi connectivity index (χ2v) is 9.45. The molecule has 2 N–H and O–H groups in total. The van der Waals surface area contributed by atoms with Gasteiger partial charge in [0.1, 0.15) is 6.61 Å². The standard InChI is InChI=1S/C28H28ClN3O3/c29-24-9-6-20(7-10-24)15-31(16-22-8-11-25-23(14-22)12-13-30-25)26-17-32(18-27(26)33)28(34)35-19-21-4-2-1-3-5-21/h1-14,26-27,30,33H,15-19H2/t26-,27-/m1/s1. The number of rotatable bonds is 7. The highest BCUT2D eigenvalue weighted by Gasteiger charge is 2.38. The zero-order chi connectivity index (χ0) is 24.2. The highest BCUT2D eigenvalue weighted by atomic mass is 35.5. The summed E-state index contributed by atoms with van der Waals surface area (Å²) < 4.78 is 5.52. The lowest BCUT2D eigenvalue weighted by atomic mass is 10.1. The number of aliphatic hydroxyl groups is 1. The van der Waals surface area contributed by atoms with Gasteiger partial charge in [0.2, 0.25) is 0 Å². The molecule has 4 aromatic rings. The van der Waals surface area contributed by atoms with Gasteiger partial charge in [0.05, 0.1) is 18.7 Å². The molecule has 1 aliphatic heterocycles. The predicted octanol–water partition coefficient (Wildman–Crippen LogP) is 5.21. The summed E-state index contributed by atoms with van der Waals surface area (Å²) >= 11 is 6.09. The molecule has 6 nitrogen and oxygen atoms in total. The lowest BCUT2D eigenvalue weighted by molar-refractivity contribution is 0.0728. The highest BCUT2D eigenvalue weighted by molar-refractivity contribution is 6.30. The summed E-state index contributed by atoms with van der Waals surface area (Å²) in [6.45, 7) is 2.11. The van der Waals surface area contributed by atoms with E-state index in [1.807, 2.05) is 60.8 Å². The molecule has 2 atom stereocenters. The average Bonchev–Trinajstić information content (AvgIpc) is 3.50. The zero-order valence-corrected chi connectivity index (χ0v) is 20.1. The largest absolute Gasteiger partial charge is 0.445 e. The Labute approximate surface area is 209 Å². The highest BCUT2D eigenvalue weighted by Crippen LogP contribution is 2.24. The molecule has 5 rings (SSSR count). The predicted molar refractivity (Wildman–Crippen MR) is 137 cm³/mol. The number of nitrogens with one attached hydrogen (secondary N) is 1. The molecule has 35 heavy (non-hydrogen) atoms. The van der Waals surface area contributed by atoms with Gasteiger partial charge in [-0.05, 0) is 52.4 Å². The van der Waals surface area contributed by atoms with Gasteiger partial charge >= 0.3 is 6.09 Å². The fourth-order valence-electron chi connectivity index (χ4n) is 4.64. The molecule has 1 fully saturated rings. The van der Waals surface area contributed by atoms with Gasteiger partial charge in [-0.25, -0.2) is 4.79 Å². The molecule has 7 heteroatoms. The number of aliphatic hydroxyl groups excluding tert-OH is 1. The summed E-state index contributed by atoms with van der Waals surface area (Å²) in [6.07, 6.45) is 0.845. The Hall–Kier alpha value is -3.32. The molecule has 0 saturated carbocycles. The van der Waals surface area contributed by atoms with Crippen molar-refractivity contribution in [1.29, 1.82) is 0 Å². The number of hydrogen-bond donors (Lipinski definition) is 2. The van der Waals surface area contributed by atoms with E-state index in [9.17, 15) is 9.90 Å². The van der Waals surface area contributed by atoms with Crippen molar-refractivity contribution in [1.82, 2.24) is 14.8 Å². The van der Waals surface area contributed by atoms with E-state index in [0.717, 1.165) is 27.6 Å². The molecule has 180 valence electrons. The van der Waals surface area contributed by atoms with Crippen LogP contribution in [0.4, 0.5) is 4.79 Å². The first-order chi connectivity index (χ1) is 17.0. The minimum atomic E-state index is -0.678. The summed E-state index contributed by atoms with van der Waals surface area (Å²) in [5.41, 5.74) is 4.26.